The Hall–Kier alpha value is -3.61. The number of hydrogen-bond donors (Lipinski definition) is 3. The summed E-state index contributed by atoms with van der Waals surface area (Å²) in [6.07, 6.45) is 2.46. The van der Waals surface area contributed by atoms with Crippen molar-refractivity contribution in [3.05, 3.63) is 64.9 Å². The van der Waals surface area contributed by atoms with Crippen LogP contribution < -0.4 is 10.3 Å². The number of amides is 1. The number of phenols is 1. The number of rotatable bonds is 7. The van der Waals surface area contributed by atoms with Crippen molar-refractivity contribution in [2.75, 3.05) is 10.3 Å². The zero-order valence-corrected chi connectivity index (χ0v) is 17.3. The number of aryl methyl sites for hydroxylation is 3. The van der Waals surface area contributed by atoms with E-state index in [2.05, 4.69) is 10.4 Å². The molecule has 0 atom stereocenters. The number of hydrogen-bond acceptors (Lipinski definition) is 5. The van der Waals surface area contributed by atoms with Gasteiger partial charge in [0, 0.05) is 12.6 Å². The molecule has 30 heavy (non-hydrogen) atoms. The Morgan fingerprint density at radius 1 is 1.17 bits per heavy atom. The maximum atomic E-state index is 12.9. The molecule has 0 unspecified atom stereocenters. The third kappa shape index (κ3) is 4.51. The van der Waals surface area contributed by atoms with Crippen LogP contribution in [0.2, 0.25) is 0 Å². The number of nitrogens with zero attached hydrogens (tertiary/aromatic N) is 2. The molecule has 0 radical (unpaired) electrons. The summed E-state index contributed by atoms with van der Waals surface area (Å²) in [5.74, 6) is -1.07. The largest absolute Gasteiger partial charge is 0.505 e. The molecule has 0 saturated heterocycles. The average Bonchev–Trinajstić information content (AvgIpc) is 2.98. The summed E-state index contributed by atoms with van der Waals surface area (Å²) in [6, 6.07) is 11.0. The molecule has 1 aliphatic rings. The topological polar surface area (TPSA) is 102 Å². The Kier molecular flexibility index (Phi) is 6.20. The van der Waals surface area contributed by atoms with Gasteiger partial charge in [0.15, 0.2) is 0 Å². The normalized spacial score (nSPS) is 14.9. The molecular formula is C23H25N3O4. The van der Waals surface area contributed by atoms with E-state index in [0.717, 1.165) is 11.1 Å². The van der Waals surface area contributed by atoms with Gasteiger partial charge in [0.1, 0.15) is 5.75 Å². The first-order chi connectivity index (χ1) is 14.3. The van der Waals surface area contributed by atoms with E-state index in [0.29, 0.717) is 41.1 Å². The molecule has 1 amide bonds. The standard InChI is InChI=1S/C23H25N3O4/c1-14-10-11-18(12-15(14)2)26-23(30)19(16(3)25-26)13-24-20-8-4-6-17(22(20)29)7-5-9-21(27)28/h4,6,8,10-13,24,29H,5,7,9H2,1-3H3,(H,27,28)/b19-13-. The van der Waals surface area contributed by atoms with Crippen LogP contribution in [0.15, 0.2) is 53.3 Å². The molecule has 0 saturated carbocycles. The van der Waals surface area contributed by atoms with Gasteiger partial charge in [-0.1, -0.05) is 18.2 Å². The fourth-order valence-corrected chi connectivity index (χ4v) is 3.21. The molecule has 2 aromatic carbocycles. The van der Waals surface area contributed by atoms with Gasteiger partial charge in [-0.05, 0) is 68.5 Å². The highest BCUT2D eigenvalue weighted by Gasteiger charge is 2.29. The van der Waals surface area contributed by atoms with Crippen LogP contribution in [-0.2, 0) is 16.0 Å². The van der Waals surface area contributed by atoms with E-state index in [1.165, 1.54) is 11.2 Å². The Balaban J connectivity index is 1.76. The van der Waals surface area contributed by atoms with Crippen molar-refractivity contribution in [2.24, 2.45) is 5.10 Å². The lowest BCUT2D eigenvalue weighted by Gasteiger charge is -2.13. The molecule has 1 heterocycles. The van der Waals surface area contributed by atoms with Crippen molar-refractivity contribution in [1.82, 2.24) is 0 Å². The number of aromatic hydroxyl groups is 1. The Morgan fingerprint density at radius 3 is 2.63 bits per heavy atom. The van der Waals surface area contributed by atoms with Crippen LogP contribution in [0.5, 0.6) is 5.75 Å². The number of carboxylic acid groups (broad SMARTS) is 1. The number of benzene rings is 2. The number of carboxylic acids is 1. The zero-order valence-electron chi connectivity index (χ0n) is 17.3. The first-order valence-electron chi connectivity index (χ1n) is 9.74. The molecular weight excluding hydrogens is 382 g/mol. The monoisotopic (exact) mass is 407 g/mol. The molecule has 0 aliphatic carbocycles. The van der Waals surface area contributed by atoms with E-state index in [9.17, 15) is 14.7 Å². The van der Waals surface area contributed by atoms with Crippen molar-refractivity contribution < 1.29 is 19.8 Å². The zero-order chi connectivity index (χ0) is 21.8. The predicted octanol–water partition coefficient (Wildman–Crippen LogP) is 4.13. The Labute approximate surface area is 175 Å². The number of hydrazone groups is 1. The maximum absolute atomic E-state index is 12.9. The molecule has 2 aromatic rings. The second kappa shape index (κ2) is 8.82. The third-order valence-electron chi connectivity index (χ3n) is 5.13. The van der Waals surface area contributed by atoms with E-state index in [-0.39, 0.29) is 18.1 Å². The van der Waals surface area contributed by atoms with Gasteiger partial charge in [0.25, 0.3) is 5.91 Å². The fourth-order valence-electron chi connectivity index (χ4n) is 3.21. The average molecular weight is 407 g/mol. The van der Waals surface area contributed by atoms with E-state index in [1.807, 2.05) is 32.0 Å². The van der Waals surface area contributed by atoms with Crippen LogP contribution in [0.4, 0.5) is 11.4 Å². The summed E-state index contributed by atoms with van der Waals surface area (Å²) in [5.41, 5.74) is 5.00. The molecule has 3 rings (SSSR count). The van der Waals surface area contributed by atoms with Crippen molar-refractivity contribution in [3.8, 4) is 5.75 Å². The molecule has 7 heteroatoms. The van der Waals surface area contributed by atoms with Crippen molar-refractivity contribution in [1.29, 1.82) is 0 Å². The van der Waals surface area contributed by atoms with Crippen LogP contribution in [0, 0.1) is 13.8 Å². The quantitative estimate of drug-likeness (QED) is 0.473. The lowest BCUT2D eigenvalue weighted by molar-refractivity contribution is -0.137. The highest BCUT2D eigenvalue weighted by molar-refractivity contribution is 6.29. The minimum absolute atomic E-state index is 0.0413. The van der Waals surface area contributed by atoms with Gasteiger partial charge in [-0.25, -0.2) is 0 Å². The summed E-state index contributed by atoms with van der Waals surface area (Å²) in [4.78, 5) is 23.6. The van der Waals surface area contributed by atoms with Gasteiger partial charge in [0.05, 0.1) is 22.7 Å². The second-order valence-electron chi connectivity index (χ2n) is 7.33. The van der Waals surface area contributed by atoms with Crippen LogP contribution >= 0.6 is 0 Å². The molecule has 0 fully saturated rings. The van der Waals surface area contributed by atoms with Gasteiger partial charge in [0.2, 0.25) is 0 Å². The van der Waals surface area contributed by atoms with Crippen LogP contribution in [0.25, 0.3) is 0 Å². The summed E-state index contributed by atoms with van der Waals surface area (Å²) in [6.45, 7) is 5.76. The number of phenolic OH excluding ortho intramolecular Hbond substituents is 1. The van der Waals surface area contributed by atoms with Crippen LogP contribution in [0.1, 0.15) is 36.5 Å². The minimum atomic E-state index is -0.865. The summed E-state index contributed by atoms with van der Waals surface area (Å²) in [5, 5.41) is 28.0. The lowest BCUT2D eigenvalue weighted by Crippen LogP contribution is -2.22. The van der Waals surface area contributed by atoms with Gasteiger partial charge < -0.3 is 15.5 Å². The highest BCUT2D eigenvalue weighted by Crippen LogP contribution is 2.30. The maximum Gasteiger partial charge on any atom is 0.303 e. The fraction of sp³-hybridized carbons (Fsp3) is 0.261. The van der Waals surface area contributed by atoms with Crippen LogP contribution in [0.3, 0.4) is 0 Å². The van der Waals surface area contributed by atoms with Crippen molar-refractivity contribution in [3.63, 3.8) is 0 Å². The number of carbonyl (C=O) groups is 2. The predicted molar refractivity (Wildman–Crippen MR) is 117 cm³/mol. The van der Waals surface area contributed by atoms with E-state index < -0.39 is 5.97 Å². The van der Waals surface area contributed by atoms with Gasteiger partial charge in [-0.2, -0.15) is 10.1 Å². The molecule has 0 spiro atoms. The molecule has 7 nitrogen and oxygen atoms in total. The number of nitrogens with one attached hydrogen (secondary N) is 1. The molecule has 156 valence electrons. The van der Waals surface area contributed by atoms with Gasteiger partial charge in [-0.15, -0.1) is 0 Å². The van der Waals surface area contributed by atoms with E-state index in [1.54, 1.807) is 25.1 Å². The Bertz CT molecular complexity index is 1060. The smallest absolute Gasteiger partial charge is 0.303 e. The number of carbonyl (C=O) groups excluding carboxylic acids is 1. The molecule has 0 bridgehead atoms. The second-order valence-corrected chi connectivity index (χ2v) is 7.33. The number of aliphatic carboxylic acids is 1. The lowest BCUT2D eigenvalue weighted by atomic mass is 10.1. The number of para-hydroxylation sites is 1. The minimum Gasteiger partial charge on any atom is -0.505 e. The van der Waals surface area contributed by atoms with Crippen LogP contribution in [-0.4, -0.2) is 27.8 Å². The molecule has 0 aromatic heterocycles. The third-order valence-corrected chi connectivity index (χ3v) is 5.13. The number of anilines is 2. The SMILES string of the molecule is CC1=NN(c2ccc(C)c(C)c2)C(=O)/C1=C\Nc1cccc(CCCC(=O)O)c1O. The van der Waals surface area contributed by atoms with Crippen molar-refractivity contribution in [2.45, 2.75) is 40.0 Å². The molecule has 3 N–H and O–H groups in total. The first kappa shape index (κ1) is 21.1. The van der Waals surface area contributed by atoms with E-state index >= 15 is 0 Å². The summed E-state index contributed by atoms with van der Waals surface area (Å²) >= 11 is 0. The van der Waals surface area contributed by atoms with E-state index in [4.69, 9.17) is 5.11 Å². The van der Waals surface area contributed by atoms with Gasteiger partial charge >= 0.3 is 5.97 Å². The first-order valence-corrected chi connectivity index (χ1v) is 9.74. The van der Waals surface area contributed by atoms with Crippen molar-refractivity contribution >= 4 is 29.0 Å². The highest BCUT2D eigenvalue weighted by atomic mass is 16.4. The van der Waals surface area contributed by atoms with Gasteiger partial charge in [-0.3, -0.25) is 9.59 Å². The summed E-state index contributed by atoms with van der Waals surface area (Å²) < 4.78 is 0. The summed E-state index contributed by atoms with van der Waals surface area (Å²) in [7, 11) is 0. The molecule has 1 aliphatic heterocycles. The Morgan fingerprint density at radius 2 is 1.93 bits per heavy atom.